The van der Waals surface area contributed by atoms with Crippen LogP contribution >= 0.6 is 0 Å². The standard InChI is InChI=1S/C7H12FN3/c1-5-7(11-4-10-5)6(8)2-3-9/h4,6H,2-3,9H2,1H3,(H,10,11). The van der Waals surface area contributed by atoms with E-state index in [1.165, 1.54) is 6.33 Å². The van der Waals surface area contributed by atoms with E-state index in [0.717, 1.165) is 5.69 Å². The number of aryl methyl sites for hydroxylation is 1. The van der Waals surface area contributed by atoms with Crippen molar-refractivity contribution in [3.8, 4) is 0 Å². The van der Waals surface area contributed by atoms with Crippen LogP contribution in [0.1, 0.15) is 24.0 Å². The summed E-state index contributed by atoms with van der Waals surface area (Å²) in [5.41, 5.74) is 6.47. The Morgan fingerprint density at radius 3 is 3.00 bits per heavy atom. The van der Waals surface area contributed by atoms with Gasteiger partial charge >= 0.3 is 0 Å². The van der Waals surface area contributed by atoms with Gasteiger partial charge in [-0.25, -0.2) is 9.37 Å². The molecule has 0 saturated heterocycles. The van der Waals surface area contributed by atoms with Crippen molar-refractivity contribution in [2.24, 2.45) is 5.73 Å². The summed E-state index contributed by atoms with van der Waals surface area (Å²) in [6.45, 7) is 2.15. The van der Waals surface area contributed by atoms with Crippen molar-refractivity contribution >= 4 is 0 Å². The van der Waals surface area contributed by atoms with E-state index in [1.807, 2.05) is 0 Å². The van der Waals surface area contributed by atoms with Crippen LogP contribution in [-0.2, 0) is 0 Å². The van der Waals surface area contributed by atoms with Crippen LogP contribution in [0.4, 0.5) is 4.39 Å². The van der Waals surface area contributed by atoms with Gasteiger partial charge in [0.2, 0.25) is 0 Å². The molecular weight excluding hydrogens is 145 g/mol. The molecule has 0 amide bonds. The molecule has 62 valence electrons. The van der Waals surface area contributed by atoms with Crippen molar-refractivity contribution in [1.29, 1.82) is 0 Å². The fraction of sp³-hybridized carbons (Fsp3) is 0.571. The van der Waals surface area contributed by atoms with Crippen LogP contribution in [-0.4, -0.2) is 16.5 Å². The van der Waals surface area contributed by atoms with Gasteiger partial charge in [0.1, 0.15) is 6.17 Å². The van der Waals surface area contributed by atoms with Crippen LogP contribution in [0.2, 0.25) is 0 Å². The first kappa shape index (κ1) is 8.20. The van der Waals surface area contributed by atoms with Crippen LogP contribution in [0.15, 0.2) is 6.33 Å². The van der Waals surface area contributed by atoms with Gasteiger partial charge in [0.25, 0.3) is 0 Å². The summed E-state index contributed by atoms with van der Waals surface area (Å²) in [5, 5.41) is 0. The quantitative estimate of drug-likeness (QED) is 0.689. The van der Waals surface area contributed by atoms with Crippen molar-refractivity contribution in [3.05, 3.63) is 17.7 Å². The zero-order chi connectivity index (χ0) is 8.27. The Balaban J connectivity index is 2.67. The van der Waals surface area contributed by atoms with Crippen molar-refractivity contribution in [3.63, 3.8) is 0 Å². The molecule has 3 N–H and O–H groups in total. The second kappa shape index (κ2) is 3.48. The molecule has 0 fully saturated rings. The monoisotopic (exact) mass is 157 g/mol. The Hall–Kier alpha value is -0.900. The highest BCUT2D eigenvalue weighted by molar-refractivity contribution is 5.11. The van der Waals surface area contributed by atoms with Crippen molar-refractivity contribution in [1.82, 2.24) is 9.97 Å². The molecule has 1 rings (SSSR count). The molecule has 0 aromatic carbocycles. The number of nitrogens with one attached hydrogen (secondary N) is 1. The van der Waals surface area contributed by atoms with Crippen LogP contribution in [0.5, 0.6) is 0 Å². The number of alkyl halides is 1. The lowest BCUT2D eigenvalue weighted by molar-refractivity contribution is 0.320. The van der Waals surface area contributed by atoms with E-state index in [0.29, 0.717) is 18.7 Å². The number of nitrogens with two attached hydrogens (primary N) is 1. The van der Waals surface area contributed by atoms with E-state index in [1.54, 1.807) is 6.92 Å². The maximum Gasteiger partial charge on any atom is 0.145 e. The first-order valence-corrected chi connectivity index (χ1v) is 3.59. The average Bonchev–Trinajstić information content (AvgIpc) is 2.36. The first-order chi connectivity index (χ1) is 5.25. The minimum absolute atomic E-state index is 0.339. The summed E-state index contributed by atoms with van der Waals surface area (Å²) >= 11 is 0. The summed E-state index contributed by atoms with van der Waals surface area (Å²) in [4.78, 5) is 6.66. The number of aromatic nitrogens is 2. The molecule has 0 aliphatic carbocycles. The molecule has 0 radical (unpaired) electrons. The number of rotatable bonds is 3. The lowest BCUT2D eigenvalue weighted by Gasteiger charge is -2.02. The Bertz CT molecular complexity index is 221. The lowest BCUT2D eigenvalue weighted by atomic mass is 10.2. The Morgan fingerprint density at radius 2 is 2.55 bits per heavy atom. The minimum Gasteiger partial charge on any atom is -0.348 e. The first-order valence-electron chi connectivity index (χ1n) is 3.59. The lowest BCUT2D eigenvalue weighted by Crippen LogP contribution is -2.04. The van der Waals surface area contributed by atoms with Crippen LogP contribution < -0.4 is 5.73 Å². The van der Waals surface area contributed by atoms with Gasteiger partial charge in [-0.3, -0.25) is 0 Å². The molecule has 0 saturated carbocycles. The Morgan fingerprint density at radius 1 is 1.82 bits per heavy atom. The van der Waals surface area contributed by atoms with E-state index < -0.39 is 6.17 Å². The smallest absolute Gasteiger partial charge is 0.145 e. The predicted octanol–water partition coefficient (Wildman–Crippen LogP) is 1.08. The van der Waals surface area contributed by atoms with Gasteiger partial charge in [-0.15, -0.1) is 0 Å². The van der Waals surface area contributed by atoms with E-state index in [9.17, 15) is 4.39 Å². The largest absolute Gasteiger partial charge is 0.348 e. The van der Waals surface area contributed by atoms with Crippen LogP contribution in [0.3, 0.4) is 0 Å². The maximum absolute atomic E-state index is 13.1. The zero-order valence-electron chi connectivity index (χ0n) is 6.47. The second-order valence-corrected chi connectivity index (χ2v) is 2.46. The van der Waals surface area contributed by atoms with E-state index in [4.69, 9.17) is 5.73 Å². The molecule has 1 aromatic rings. The van der Waals surface area contributed by atoms with Gasteiger partial charge in [0, 0.05) is 5.69 Å². The van der Waals surface area contributed by atoms with Crippen LogP contribution in [0, 0.1) is 6.92 Å². The van der Waals surface area contributed by atoms with E-state index in [-0.39, 0.29) is 0 Å². The Kier molecular flexibility index (Phi) is 2.59. The SMILES string of the molecule is Cc1[nH]cnc1C(F)CCN. The van der Waals surface area contributed by atoms with E-state index in [2.05, 4.69) is 9.97 Å². The number of halogens is 1. The Labute approximate surface area is 64.8 Å². The molecule has 0 bridgehead atoms. The van der Waals surface area contributed by atoms with Gasteiger partial charge in [-0.05, 0) is 19.9 Å². The molecule has 1 heterocycles. The van der Waals surface area contributed by atoms with Crippen molar-refractivity contribution in [2.75, 3.05) is 6.54 Å². The molecular formula is C7H12FN3. The summed E-state index contributed by atoms with van der Waals surface area (Å²) in [7, 11) is 0. The summed E-state index contributed by atoms with van der Waals surface area (Å²) in [6.07, 6.45) is 0.811. The normalized spacial score (nSPS) is 13.4. The van der Waals surface area contributed by atoms with E-state index >= 15 is 0 Å². The molecule has 1 atom stereocenters. The molecule has 4 heteroatoms. The zero-order valence-corrected chi connectivity index (χ0v) is 6.47. The molecule has 1 aromatic heterocycles. The summed E-state index contributed by atoms with van der Waals surface area (Å²) in [6, 6.07) is 0. The second-order valence-electron chi connectivity index (χ2n) is 2.46. The topological polar surface area (TPSA) is 54.7 Å². The highest BCUT2D eigenvalue weighted by atomic mass is 19.1. The average molecular weight is 157 g/mol. The third-order valence-electron chi connectivity index (χ3n) is 1.59. The minimum atomic E-state index is -1.02. The molecule has 1 unspecified atom stereocenters. The number of nitrogens with zero attached hydrogens (tertiary/aromatic N) is 1. The number of imidazole rings is 1. The highest BCUT2D eigenvalue weighted by Crippen LogP contribution is 2.20. The number of hydrogen-bond donors (Lipinski definition) is 2. The van der Waals surface area contributed by atoms with Crippen molar-refractivity contribution in [2.45, 2.75) is 19.5 Å². The summed E-state index contributed by atoms with van der Waals surface area (Å²) < 4.78 is 13.1. The highest BCUT2D eigenvalue weighted by Gasteiger charge is 2.13. The predicted molar refractivity (Wildman–Crippen MR) is 40.8 cm³/mol. The van der Waals surface area contributed by atoms with Gasteiger partial charge < -0.3 is 10.7 Å². The fourth-order valence-corrected chi connectivity index (χ4v) is 0.968. The molecule has 3 nitrogen and oxygen atoms in total. The van der Waals surface area contributed by atoms with Crippen molar-refractivity contribution < 1.29 is 4.39 Å². The van der Waals surface area contributed by atoms with Gasteiger partial charge in [0.15, 0.2) is 0 Å². The number of H-pyrrole nitrogens is 1. The molecule has 11 heavy (non-hydrogen) atoms. The molecule has 0 aliphatic rings. The van der Waals surface area contributed by atoms with Gasteiger partial charge in [-0.1, -0.05) is 0 Å². The summed E-state index contributed by atoms with van der Waals surface area (Å²) in [5.74, 6) is 0. The third-order valence-corrected chi connectivity index (χ3v) is 1.59. The molecule has 0 spiro atoms. The van der Waals surface area contributed by atoms with Crippen LogP contribution in [0.25, 0.3) is 0 Å². The number of aromatic amines is 1. The van der Waals surface area contributed by atoms with Gasteiger partial charge in [-0.2, -0.15) is 0 Å². The third kappa shape index (κ3) is 1.77. The number of hydrogen-bond acceptors (Lipinski definition) is 2. The maximum atomic E-state index is 13.1. The fourth-order valence-electron chi connectivity index (χ4n) is 0.968. The van der Waals surface area contributed by atoms with Gasteiger partial charge in [0.05, 0.1) is 12.0 Å². The molecule has 0 aliphatic heterocycles.